The molecule has 0 nitrogen and oxygen atoms in total. The molecule has 0 amide bonds. The Hall–Kier alpha value is 1.30. The van der Waals surface area contributed by atoms with Crippen LogP contribution in [0.5, 0.6) is 0 Å². The number of fused-ring (bicyclic) bond motifs is 1. The van der Waals surface area contributed by atoms with E-state index in [4.69, 9.17) is 0 Å². The molecule has 0 fully saturated rings. The van der Waals surface area contributed by atoms with Gasteiger partial charge in [-0.2, -0.15) is 0 Å². The van der Waals surface area contributed by atoms with Crippen LogP contribution in [0.1, 0.15) is 29.2 Å². The summed E-state index contributed by atoms with van der Waals surface area (Å²) < 4.78 is 0. The maximum atomic E-state index is 2.45. The number of aryl methyl sites for hydroxylation is 2. The zero-order valence-corrected chi connectivity index (χ0v) is 15.8. The first kappa shape index (κ1) is 14.4. The normalized spacial score (nSPS) is 12.5. The first-order valence-corrected chi connectivity index (χ1v) is 19.3. The molecule has 0 spiro atoms. The van der Waals surface area contributed by atoms with Crippen molar-refractivity contribution in [1.82, 2.24) is 0 Å². The molecule has 79 valence electrons. The summed E-state index contributed by atoms with van der Waals surface area (Å²) in [4.78, 5) is 0. The molecule has 0 saturated carbocycles. The summed E-state index contributed by atoms with van der Waals surface area (Å²) in [7, 11) is 0. The van der Waals surface area contributed by atoms with E-state index in [1.807, 2.05) is 0 Å². The quantitative estimate of drug-likeness (QED) is 0.437. The summed E-state index contributed by atoms with van der Waals surface area (Å²) in [5, 5.41) is 0. The van der Waals surface area contributed by atoms with Crippen LogP contribution in [0.25, 0.3) is 6.08 Å². The van der Waals surface area contributed by atoms with Crippen molar-refractivity contribution in [1.29, 1.82) is 0 Å². The minimum atomic E-state index is 0.170. The molecule has 0 heterocycles. The average Bonchev–Trinajstić information content (AvgIpc) is 2.56. The Balaban J connectivity index is 0.000000337. The van der Waals surface area contributed by atoms with Crippen molar-refractivity contribution in [3.8, 4) is 0 Å². The summed E-state index contributed by atoms with van der Waals surface area (Å²) in [6.07, 6.45) is 4.52. The molecule has 0 atom stereocenters. The van der Waals surface area contributed by atoms with Crippen LogP contribution in [0.4, 0.5) is 0 Å². The van der Waals surface area contributed by atoms with Crippen molar-refractivity contribution in [2.24, 2.45) is 0 Å². The van der Waals surface area contributed by atoms with Crippen LogP contribution in [-0.2, 0) is 14.9 Å². The summed E-state index contributed by atoms with van der Waals surface area (Å²) >= 11 is 5.06. The fourth-order valence-electron chi connectivity index (χ4n) is 1.73. The summed E-state index contributed by atoms with van der Waals surface area (Å²) in [6.45, 7) is 6.49. The van der Waals surface area contributed by atoms with E-state index in [2.05, 4.69) is 81.5 Å². The fraction of sp³-hybridized carbons (Fsp3) is 0.250. The van der Waals surface area contributed by atoms with E-state index in [-0.39, 0.29) is 14.9 Å². The van der Waals surface area contributed by atoms with Crippen LogP contribution in [0.15, 0.2) is 17.7 Å². The third-order valence-electron chi connectivity index (χ3n) is 2.47. The van der Waals surface area contributed by atoms with Crippen molar-refractivity contribution >= 4 is 42.2 Å². The van der Waals surface area contributed by atoms with Gasteiger partial charge in [0, 0.05) is 6.42 Å². The zero-order valence-electron chi connectivity index (χ0n) is 9.07. The first-order valence-electron chi connectivity index (χ1n) is 4.69. The van der Waals surface area contributed by atoms with Crippen LogP contribution in [0.3, 0.4) is 0 Å². The van der Waals surface area contributed by atoms with E-state index in [1.165, 1.54) is 27.8 Å². The Morgan fingerprint density at radius 3 is 1.87 bits per heavy atom. The zero-order chi connectivity index (χ0) is 11.4. The maximum absolute atomic E-state index is 2.45. The van der Waals surface area contributed by atoms with Gasteiger partial charge in [0.1, 0.15) is 0 Å². The fourth-order valence-corrected chi connectivity index (χ4v) is 1.73. The number of benzene rings is 1. The van der Waals surface area contributed by atoms with E-state index in [0.29, 0.717) is 0 Å². The van der Waals surface area contributed by atoms with E-state index < -0.39 is 0 Å². The number of hydrogen-bond donors (Lipinski definition) is 0. The third-order valence-corrected chi connectivity index (χ3v) is 2.47. The molecule has 1 aromatic carbocycles. The van der Waals surface area contributed by atoms with Crippen molar-refractivity contribution in [3.05, 3.63) is 46.4 Å². The third kappa shape index (κ3) is 3.91. The Morgan fingerprint density at radius 1 is 0.933 bits per heavy atom. The van der Waals surface area contributed by atoms with E-state index in [1.54, 1.807) is 0 Å². The van der Waals surface area contributed by atoms with Crippen molar-refractivity contribution < 1.29 is 14.9 Å². The average molecular weight is 502 g/mol. The Bertz CT molecular complexity index is 383. The van der Waals surface area contributed by atoms with Crippen molar-refractivity contribution in [3.63, 3.8) is 0 Å². The Morgan fingerprint density at radius 2 is 1.40 bits per heavy atom. The monoisotopic (exact) mass is 501 g/mol. The minimum absolute atomic E-state index is 0.170. The molecule has 3 heteroatoms. The number of allylic oxidation sites excluding steroid dienone is 1. The topological polar surface area (TPSA) is 0 Å². The van der Waals surface area contributed by atoms with Gasteiger partial charge in [-0.25, -0.2) is 0 Å². The molecule has 1 aromatic rings. The van der Waals surface area contributed by atoms with Gasteiger partial charge in [-0.15, -0.1) is 0 Å². The molecular formula is C12H13I2Zr. The Kier molecular flexibility index (Phi) is 6.61. The first-order chi connectivity index (χ1) is 7.10. The molecule has 0 N–H and O–H groups in total. The molecule has 1 radical (unpaired) electrons. The van der Waals surface area contributed by atoms with Crippen LogP contribution in [0, 0.1) is 20.3 Å². The molecule has 0 saturated heterocycles. The van der Waals surface area contributed by atoms with Crippen LogP contribution in [-0.4, -0.2) is 0 Å². The molecule has 2 rings (SSSR count). The molecule has 0 unspecified atom stereocenters. The van der Waals surface area contributed by atoms with Gasteiger partial charge in [0.15, 0.2) is 0 Å². The van der Waals surface area contributed by atoms with Crippen molar-refractivity contribution in [2.45, 2.75) is 20.8 Å². The van der Waals surface area contributed by atoms with Crippen LogP contribution in [0.2, 0.25) is 0 Å². The van der Waals surface area contributed by atoms with Gasteiger partial charge < -0.3 is 0 Å². The van der Waals surface area contributed by atoms with Crippen LogP contribution < -0.4 is 0 Å². The predicted molar refractivity (Wildman–Crippen MR) is 81.0 cm³/mol. The molecular weight excluding hydrogens is 489 g/mol. The standard InChI is InChI=1S/C12H13.2HI.Zr/c1-8-6-11-9(2)4-5-10(3)12(11)7-8;;;/h4-7H,1-3H3;2*1H;/q;;;+2/p-2. The van der Waals surface area contributed by atoms with Gasteiger partial charge in [0.25, 0.3) is 0 Å². The van der Waals surface area contributed by atoms with Crippen LogP contribution >= 0.6 is 36.1 Å². The second-order valence-corrected chi connectivity index (χ2v) is 22.6. The molecule has 15 heavy (non-hydrogen) atoms. The summed E-state index contributed by atoms with van der Waals surface area (Å²) in [5.74, 6) is 0. The van der Waals surface area contributed by atoms with Gasteiger partial charge in [-0.3, -0.25) is 0 Å². The van der Waals surface area contributed by atoms with Crippen molar-refractivity contribution in [2.75, 3.05) is 0 Å². The van der Waals surface area contributed by atoms with E-state index in [9.17, 15) is 0 Å². The second kappa shape index (κ2) is 6.90. The number of halogens is 2. The molecule has 0 aromatic heterocycles. The van der Waals surface area contributed by atoms with E-state index in [0.717, 1.165) is 0 Å². The van der Waals surface area contributed by atoms with E-state index >= 15 is 0 Å². The number of rotatable bonds is 0. The molecule has 1 aliphatic carbocycles. The predicted octanol–water partition coefficient (Wildman–Crippen LogP) is 5.04. The Labute approximate surface area is 122 Å². The van der Waals surface area contributed by atoms with Gasteiger partial charge in [0.2, 0.25) is 0 Å². The molecule has 1 aliphatic rings. The number of hydrogen-bond acceptors (Lipinski definition) is 0. The van der Waals surface area contributed by atoms with Gasteiger partial charge >= 0.3 is 50.9 Å². The summed E-state index contributed by atoms with van der Waals surface area (Å²) in [5.41, 5.74) is 6.94. The second-order valence-electron chi connectivity index (χ2n) is 3.63. The SMILES string of the molecule is CC1=Cc2c(C)ccc(C)c2[CH]1.[I][Zr][I]. The summed E-state index contributed by atoms with van der Waals surface area (Å²) in [6, 6.07) is 4.38. The van der Waals surface area contributed by atoms with Gasteiger partial charge in [-0.05, 0) is 43.0 Å². The van der Waals surface area contributed by atoms with Gasteiger partial charge in [-0.1, -0.05) is 23.8 Å². The molecule has 0 aliphatic heterocycles. The molecule has 0 bridgehead atoms. The van der Waals surface area contributed by atoms with Gasteiger partial charge in [0.05, 0.1) is 0 Å².